The SMILES string of the molecule is CCCOCC(O)c1ccc(F)c(F)c1Br. The molecular formula is C11H13BrF2O2. The third-order valence-corrected chi connectivity index (χ3v) is 2.85. The van der Waals surface area contributed by atoms with Crippen molar-refractivity contribution in [3.05, 3.63) is 33.8 Å². The molecule has 0 aliphatic heterocycles. The summed E-state index contributed by atoms with van der Waals surface area (Å²) in [6, 6.07) is 2.32. The van der Waals surface area contributed by atoms with Crippen LogP contribution in [0.4, 0.5) is 8.78 Å². The van der Waals surface area contributed by atoms with E-state index in [4.69, 9.17) is 4.74 Å². The first-order chi connectivity index (χ1) is 7.57. The van der Waals surface area contributed by atoms with Crippen molar-refractivity contribution in [2.45, 2.75) is 19.4 Å². The Labute approximate surface area is 101 Å². The highest BCUT2D eigenvalue weighted by Crippen LogP contribution is 2.28. The van der Waals surface area contributed by atoms with Gasteiger partial charge in [-0.25, -0.2) is 8.78 Å². The number of aliphatic hydroxyl groups is 1. The lowest BCUT2D eigenvalue weighted by atomic mass is 10.1. The van der Waals surface area contributed by atoms with E-state index in [2.05, 4.69) is 15.9 Å². The van der Waals surface area contributed by atoms with Crippen molar-refractivity contribution >= 4 is 15.9 Å². The summed E-state index contributed by atoms with van der Waals surface area (Å²) in [7, 11) is 0. The third-order valence-electron chi connectivity index (χ3n) is 2.05. The Morgan fingerprint density at radius 1 is 1.44 bits per heavy atom. The van der Waals surface area contributed by atoms with Crippen molar-refractivity contribution in [1.82, 2.24) is 0 Å². The van der Waals surface area contributed by atoms with Crippen molar-refractivity contribution in [1.29, 1.82) is 0 Å². The van der Waals surface area contributed by atoms with E-state index in [1.54, 1.807) is 0 Å². The summed E-state index contributed by atoms with van der Waals surface area (Å²) in [5, 5.41) is 9.70. The molecule has 1 aromatic rings. The van der Waals surface area contributed by atoms with Crippen LogP contribution in [0.2, 0.25) is 0 Å². The predicted octanol–water partition coefficient (Wildman–Crippen LogP) is 3.19. The van der Waals surface area contributed by atoms with Gasteiger partial charge in [-0.1, -0.05) is 13.0 Å². The second kappa shape index (κ2) is 6.27. The standard InChI is InChI=1S/C11H13BrF2O2/c1-2-5-16-6-9(15)7-3-4-8(13)11(14)10(7)12/h3-4,9,15H,2,5-6H2,1H3. The van der Waals surface area contributed by atoms with E-state index in [0.29, 0.717) is 6.61 Å². The Balaban J connectivity index is 2.76. The van der Waals surface area contributed by atoms with Gasteiger partial charge in [0.15, 0.2) is 11.6 Å². The van der Waals surface area contributed by atoms with Gasteiger partial charge >= 0.3 is 0 Å². The smallest absolute Gasteiger partial charge is 0.173 e. The first kappa shape index (κ1) is 13.5. The predicted molar refractivity (Wildman–Crippen MR) is 60.1 cm³/mol. The fraction of sp³-hybridized carbons (Fsp3) is 0.455. The number of benzene rings is 1. The van der Waals surface area contributed by atoms with Crippen LogP contribution in [0.5, 0.6) is 0 Å². The zero-order chi connectivity index (χ0) is 12.1. The van der Waals surface area contributed by atoms with Crippen LogP contribution in [0.25, 0.3) is 0 Å². The molecule has 0 saturated carbocycles. The van der Waals surface area contributed by atoms with Gasteiger partial charge in [-0.2, -0.15) is 0 Å². The monoisotopic (exact) mass is 294 g/mol. The number of hydrogen-bond donors (Lipinski definition) is 1. The van der Waals surface area contributed by atoms with Crippen molar-refractivity contribution < 1.29 is 18.6 Å². The molecule has 1 aromatic carbocycles. The number of rotatable bonds is 5. The minimum Gasteiger partial charge on any atom is -0.386 e. The first-order valence-corrected chi connectivity index (χ1v) is 5.76. The molecule has 5 heteroatoms. The summed E-state index contributed by atoms with van der Waals surface area (Å²) < 4.78 is 31.1. The van der Waals surface area contributed by atoms with Crippen LogP contribution in [-0.4, -0.2) is 18.3 Å². The molecule has 0 aliphatic carbocycles. The molecule has 90 valence electrons. The summed E-state index contributed by atoms with van der Waals surface area (Å²) in [4.78, 5) is 0. The summed E-state index contributed by atoms with van der Waals surface area (Å²) in [6.45, 7) is 2.54. The van der Waals surface area contributed by atoms with Crippen LogP contribution in [0.3, 0.4) is 0 Å². The lowest BCUT2D eigenvalue weighted by Crippen LogP contribution is -2.09. The second-order valence-electron chi connectivity index (χ2n) is 3.36. The van der Waals surface area contributed by atoms with Gasteiger partial charge in [0.25, 0.3) is 0 Å². The molecule has 16 heavy (non-hydrogen) atoms. The van der Waals surface area contributed by atoms with Crippen LogP contribution in [0, 0.1) is 11.6 Å². The molecule has 0 spiro atoms. The van der Waals surface area contributed by atoms with Crippen molar-refractivity contribution in [3.8, 4) is 0 Å². The molecule has 2 nitrogen and oxygen atoms in total. The normalized spacial score (nSPS) is 12.8. The van der Waals surface area contributed by atoms with Crippen LogP contribution in [0.1, 0.15) is 25.0 Å². The number of ether oxygens (including phenoxy) is 1. The Kier molecular flexibility index (Phi) is 5.31. The fourth-order valence-corrected chi connectivity index (χ4v) is 1.81. The molecule has 0 bridgehead atoms. The lowest BCUT2D eigenvalue weighted by Gasteiger charge is -2.13. The minimum absolute atomic E-state index is 0.0555. The van der Waals surface area contributed by atoms with Crippen molar-refractivity contribution in [2.24, 2.45) is 0 Å². The van der Waals surface area contributed by atoms with Gasteiger partial charge in [0.2, 0.25) is 0 Å². The first-order valence-electron chi connectivity index (χ1n) is 4.97. The molecule has 0 saturated heterocycles. The van der Waals surface area contributed by atoms with Gasteiger partial charge in [-0.05, 0) is 28.4 Å². The zero-order valence-corrected chi connectivity index (χ0v) is 10.4. The van der Waals surface area contributed by atoms with Crippen LogP contribution >= 0.6 is 15.9 Å². The number of aliphatic hydroxyl groups excluding tert-OH is 1. The van der Waals surface area contributed by atoms with Crippen LogP contribution in [0.15, 0.2) is 16.6 Å². The molecule has 1 rings (SSSR count). The Morgan fingerprint density at radius 2 is 2.12 bits per heavy atom. The molecular weight excluding hydrogens is 282 g/mol. The Hall–Kier alpha value is -0.520. The zero-order valence-electron chi connectivity index (χ0n) is 8.84. The molecule has 0 aromatic heterocycles. The van der Waals surface area contributed by atoms with Gasteiger partial charge < -0.3 is 9.84 Å². The van der Waals surface area contributed by atoms with Crippen LogP contribution in [-0.2, 0) is 4.74 Å². The summed E-state index contributed by atoms with van der Waals surface area (Å²) >= 11 is 2.91. The maximum Gasteiger partial charge on any atom is 0.173 e. The lowest BCUT2D eigenvalue weighted by molar-refractivity contribution is 0.0358. The fourth-order valence-electron chi connectivity index (χ4n) is 1.23. The maximum absolute atomic E-state index is 13.2. The second-order valence-corrected chi connectivity index (χ2v) is 4.15. The van der Waals surface area contributed by atoms with Crippen molar-refractivity contribution in [3.63, 3.8) is 0 Å². The van der Waals surface area contributed by atoms with Crippen LogP contribution < -0.4 is 0 Å². The summed E-state index contributed by atoms with van der Waals surface area (Å²) in [5.41, 5.74) is 0.287. The van der Waals surface area contributed by atoms with E-state index in [-0.39, 0.29) is 16.6 Å². The summed E-state index contributed by atoms with van der Waals surface area (Å²) in [5.74, 6) is -1.94. The highest BCUT2D eigenvalue weighted by atomic mass is 79.9. The molecule has 0 radical (unpaired) electrons. The van der Waals surface area contributed by atoms with E-state index in [1.807, 2.05) is 6.92 Å². The molecule has 1 atom stereocenters. The topological polar surface area (TPSA) is 29.5 Å². The van der Waals surface area contributed by atoms with Gasteiger partial charge in [0, 0.05) is 12.2 Å². The Morgan fingerprint density at radius 3 is 2.75 bits per heavy atom. The third kappa shape index (κ3) is 3.23. The van der Waals surface area contributed by atoms with E-state index in [1.165, 1.54) is 6.07 Å². The van der Waals surface area contributed by atoms with Gasteiger partial charge in [-0.15, -0.1) is 0 Å². The molecule has 0 amide bonds. The van der Waals surface area contributed by atoms with E-state index in [0.717, 1.165) is 12.5 Å². The van der Waals surface area contributed by atoms with Crippen molar-refractivity contribution in [2.75, 3.05) is 13.2 Å². The highest BCUT2D eigenvalue weighted by molar-refractivity contribution is 9.10. The molecule has 0 fully saturated rings. The van der Waals surface area contributed by atoms with Gasteiger partial charge in [-0.3, -0.25) is 0 Å². The molecule has 0 heterocycles. The molecule has 0 aliphatic rings. The largest absolute Gasteiger partial charge is 0.386 e. The van der Waals surface area contributed by atoms with E-state index >= 15 is 0 Å². The number of halogens is 3. The summed E-state index contributed by atoms with van der Waals surface area (Å²) in [6.07, 6.45) is -0.123. The average Bonchev–Trinajstić information content (AvgIpc) is 2.26. The van der Waals surface area contributed by atoms with E-state index < -0.39 is 17.7 Å². The average molecular weight is 295 g/mol. The Bertz CT molecular complexity index is 358. The van der Waals surface area contributed by atoms with E-state index in [9.17, 15) is 13.9 Å². The van der Waals surface area contributed by atoms with Gasteiger partial charge in [0.1, 0.15) is 6.10 Å². The quantitative estimate of drug-likeness (QED) is 0.668. The molecule has 1 unspecified atom stereocenters. The van der Waals surface area contributed by atoms with Gasteiger partial charge in [0.05, 0.1) is 11.1 Å². The molecule has 1 N–H and O–H groups in total. The highest BCUT2D eigenvalue weighted by Gasteiger charge is 2.17. The minimum atomic E-state index is -0.993. The number of hydrogen-bond acceptors (Lipinski definition) is 2. The maximum atomic E-state index is 13.2.